The lowest BCUT2D eigenvalue weighted by Gasteiger charge is -2.12. The summed E-state index contributed by atoms with van der Waals surface area (Å²) >= 11 is 0. The fraction of sp³-hybridized carbons (Fsp3) is 0.316. The predicted molar refractivity (Wildman–Crippen MR) is 88.0 cm³/mol. The Labute approximate surface area is 132 Å². The van der Waals surface area contributed by atoms with Crippen LogP contribution in [0, 0.1) is 0 Å². The highest BCUT2D eigenvalue weighted by Gasteiger charge is 2.10. The average Bonchev–Trinajstić information content (AvgIpc) is 2.59. The fourth-order valence-electron chi connectivity index (χ4n) is 2.41. The first kappa shape index (κ1) is 16.2. The summed E-state index contributed by atoms with van der Waals surface area (Å²) < 4.78 is 0. The van der Waals surface area contributed by atoms with Crippen molar-refractivity contribution in [2.45, 2.75) is 32.6 Å². The number of rotatable bonds is 7. The summed E-state index contributed by atoms with van der Waals surface area (Å²) in [4.78, 5) is 11.8. The number of carbonyl (C=O) groups is 1. The lowest BCUT2D eigenvalue weighted by Crippen LogP contribution is -2.26. The van der Waals surface area contributed by atoms with Crippen molar-refractivity contribution in [1.82, 2.24) is 5.06 Å². The number of nitrogens with zero attached hydrogens (tertiary/aromatic N) is 1. The number of unbranched alkanes of at least 4 members (excludes halogenated alkanes) is 1. The van der Waals surface area contributed by atoms with Crippen LogP contribution in [0.2, 0.25) is 0 Å². The minimum atomic E-state index is -0.349. The van der Waals surface area contributed by atoms with Crippen molar-refractivity contribution < 1.29 is 10.0 Å². The molecule has 2 aromatic carbocycles. The number of aryl methyl sites for hydroxylation is 2. The van der Waals surface area contributed by atoms with Crippen molar-refractivity contribution in [2.75, 3.05) is 6.54 Å². The molecule has 3 nitrogen and oxygen atoms in total. The SMILES string of the molecule is CCN(O)C(=O)c1ccc(CCCCc2ccccc2)cc1. The molecule has 0 heterocycles. The van der Waals surface area contributed by atoms with Gasteiger partial charge < -0.3 is 0 Å². The van der Waals surface area contributed by atoms with Crippen LogP contribution in [0.15, 0.2) is 54.6 Å². The fourth-order valence-corrected chi connectivity index (χ4v) is 2.41. The van der Waals surface area contributed by atoms with E-state index in [1.807, 2.05) is 18.2 Å². The van der Waals surface area contributed by atoms with E-state index in [9.17, 15) is 10.0 Å². The van der Waals surface area contributed by atoms with Gasteiger partial charge in [-0.1, -0.05) is 42.5 Å². The predicted octanol–water partition coefficient (Wildman–Crippen LogP) is 4.10. The van der Waals surface area contributed by atoms with E-state index in [1.54, 1.807) is 19.1 Å². The van der Waals surface area contributed by atoms with Gasteiger partial charge in [-0.25, -0.2) is 5.06 Å². The molecule has 0 atom stereocenters. The van der Waals surface area contributed by atoms with Gasteiger partial charge in [-0.05, 0) is 55.9 Å². The molecule has 0 saturated heterocycles. The molecule has 0 unspecified atom stereocenters. The topological polar surface area (TPSA) is 40.5 Å². The first-order valence-electron chi connectivity index (χ1n) is 7.84. The summed E-state index contributed by atoms with van der Waals surface area (Å²) in [6, 6.07) is 18.0. The summed E-state index contributed by atoms with van der Waals surface area (Å²) in [5.74, 6) is -0.349. The van der Waals surface area contributed by atoms with E-state index in [4.69, 9.17) is 0 Å². The first-order chi connectivity index (χ1) is 10.7. The first-order valence-corrected chi connectivity index (χ1v) is 7.84. The zero-order chi connectivity index (χ0) is 15.8. The van der Waals surface area contributed by atoms with Gasteiger partial charge in [0.1, 0.15) is 0 Å². The third-order valence-corrected chi connectivity index (χ3v) is 3.76. The van der Waals surface area contributed by atoms with Crippen molar-refractivity contribution in [2.24, 2.45) is 0 Å². The summed E-state index contributed by atoms with van der Waals surface area (Å²) in [6.07, 6.45) is 4.40. The van der Waals surface area contributed by atoms with Crippen LogP contribution in [0.1, 0.15) is 41.3 Å². The second-order valence-corrected chi connectivity index (χ2v) is 5.41. The van der Waals surface area contributed by atoms with E-state index in [-0.39, 0.29) is 5.91 Å². The molecule has 3 heteroatoms. The summed E-state index contributed by atoms with van der Waals surface area (Å²) in [5.41, 5.74) is 3.13. The van der Waals surface area contributed by atoms with Gasteiger partial charge in [-0.15, -0.1) is 0 Å². The molecule has 0 saturated carbocycles. The third kappa shape index (κ3) is 4.71. The largest absolute Gasteiger partial charge is 0.286 e. The average molecular weight is 297 g/mol. The van der Waals surface area contributed by atoms with Gasteiger partial charge in [0.15, 0.2) is 0 Å². The minimum absolute atomic E-state index is 0.292. The Hall–Kier alpha value is -2.13. The Morgan fingerprint density at radius 3 is 2.00 bits per heavy atom. The molecule has 0 fully saturated rings. The van der Waals surface area contributed by atoms with Crippen LogP contribution in [0.3, 0.4) is 0 Å². The standard InChI is InChI=1S/C19H23NO2/c1-2-20(22)19(21)18-14-12-17(13-15-18)11-7-6-10-16-8-4-3-5-9-16/h3-5,8-9,12-15,22H,2,6-7,10-11H2,1H3. The van der Waals surface area contributed by atoms with Gasteiger partial charge in [-0.3, -0.25) is 10.0 Å². The molecular formula is C19H23NO2. The number of hydrogen-bond acceptors (Lipinski definition) is 2. The molecular weight excluding hydrogens is 274 g/mol. The molecule has 2 aromatic rings. The monoisotopic (exact) mass is 297 g/mol. The number of hydrogen-bond donors (Lipinski definition) is 1. The normalized spacial score (nSPS) is 10.5. The van der Waals surface area contributed by atoms with Crippen LogP contribution >= 0.6 is 0 Å². The Kier molecular flexibility index (Phi) is 6.16. The maximum atomic E-state index is 11.8. The Balaban J connectivity index is 1.78. The Morgan fingerprint density at radius 2 is 1.45 bits per heavy atom. The molecule has 0 spiro atoms. The molecule has 116 valence electrons. The van der Waals surface area contributed by atoms with Crippen LogP contribution in [0.5, 0.6) is 0 Å². The van der Waals surface area contributed by atoms with Gasteiger partial charge in [0.2, 0.25) is 0 Å². The van der Waals surface area contributed by atoms with Crippen molar-refractivity contribution in [3.63, 3.8) is 0 Å². The zero-order valence-corrected chi connectivity index (χ0v) is 13.0. The summed E-state index contributed by atoms with van der Waals surface area (Å²) in [7, 11) is 0. The van der Waals surface area contributed by atoms with E-state index >= 15 is 0 Å². The molecule has 0 aliphatic carbocycles. The molecule has 1 amide bonds. The molecule has 0 aliphatic rings. The van der Waals surface area contributed by atoms with Crippen molar-refractivity contribution in [3.05, 3.63) is 71.3 Å². The number of carbonyl (C=O) groups excluding carboxylic acids is 1. The molecule has 0 bridgehead atoms. The highest BCUT2D eigenvalue weighted by atomic mass is 16.5. The van der Waals surface area contributed by atoms with Crippen LogP contribution in [0.4, 0.5) is 0 Å². The quantitative estimate of drug-likeness (QED) is 0.475. The van der Waals surface area contributed by atoms with Crippen LogP contribution in [0.25, 0.3) is 0 Å². The molecule has 0 aliphatic heterocycles. The van der Waals surface area contributed by atoms with Gasteiger partial charge in [0, 0.05) is 12.1 Å². The molecule has 22 heavy (non-hydrogen) atoms. The minimum Gasteiger partial charge on any atom is -0.286 e. The maximum absolute atomic E-state index is 11.8. The highest BCUT2D eigenvalue weighted by molar-refractivity contribution is 5.93. The van der Waals surface area contributed by atoms with Crippen LogP contribution in [-0.4, -0.2) is 22.7 Å². The third-order valence-electron chi connectivity index (χ3n) is 3.76. The van der Waals surface area contributed by atoms with E-state index < -0.39 is 0 Å². The van der Waals surface area contributed by atoms with E-state index in [2.05, 4.69) is 24.3 Å². The second kappa shape index (κ2) is 8.35. The lowest BCUT2D eigenvalue weighted by atomic mass is 10.0. The summed E-state index contributed by atoms with van der Waals surface area (Å²) in [5, 5.41) is 10.1. The second-order valence-electron chi connectivity index (χ2n) is 5.41. The zero-order valence-electron chi connectivity index (χ0n) is 13.0. The molecule has 0 radical (unpaired) electrons. The van der Waals surface area contributed by atoms with Gasteiger partial charge >= 0.3 is 0 Å². The highest BCUT2D eigenvalue weighted by Crippen LogP contribution is 2.11. The summed E-state index contributed by atoms with van der Waals surface area (Å²) in [6.45, 7) is 2.03. The number of benzene rings is 2. The van der Waals surface area contributed by atoms with Crippen LogP contribution < -0.4 is 0 Å². The van der Waals surface area contributed by atoms with E-state index in [0.29, 0.717) is 12.1 Å². The lowest BCUT2D eigenvalue weighted by molar-refractivity contribution is -0.0541. The number of hydroxylamine groups is 2. The van der Waals surface area contributed by atoms with Gasteiger partial charge in [0.25, 0.3) is 5.91 Å². The van der Waals surface area contributed by atoms with Crippen LogP contribution in [-0.2, 0) is 12.8 Å². The Bertz CT molecular complexity index is 578. The maximum Gasteiger partial charge on any atom is 0.277 e. The molecule has 2 rings (SSSR count). The molecule has 0 aromatic heterocycles. The van der Waals surface area contributed by atoms with Crippen molar-refractivity contribution in [3.8, 4) is 0 Å². The molecule has 1 N–H and O–H groups in total. The van der Waals surface area contributed by atoms with Gasteiger partial charge in [0.05, 0.1) is 0 Å². The number of amides is 1. The van der Waals surface area contributed by atoms with E-state index in [1.165, 1.54) is 11.1 Å². The van der Waals surface area contributed by atoms with Gasteiger partial charge in [-0.2, -0.15) is 0 Å². The Morgan fingerprint density at radius 1 is 0.909 bits per heavy atom. The van der Waals surface area contributed by atoms with Crippen molar-refractivity contribution in [1.29, 1.82) is 0 Å². The van der Waals surface area contributed by atoms with E-state index in [0.717, 1.165) is 30.7 Å². The smallest absolute Gasteiger partial charge is 0.277 e. The van der Waals surface area contributed by atoms with Crippen molar-refractivity contribution >= 4 is 5.91 Å².